The van der Waals surface area contributed by atoms with E-state index >= 15 is 0 Å². The first kappa shape index (κ1) is 13.4. The zero-order chi connectivity index (χ0) is 12.3. The summed E-state index contributed by atoms with van der Waals surface area (Å²) >= 11 is 0. The second-order valence-electron chi connectivity index (χ2n) is 3.61. The van der Waals surface area contributed by atoms with E-state index < -0.39 is 22.1 Å². The summed E-state index contributed by atoms with van der Waals surface area (Å²) in [6.07, 6.45) is 0.679. The zero-order valence-corrected chi connectivity index (χ0v) is 10.1. The average Bonchev–Trinajstić information content (AvgIpc) is 2.28. The molecule has 0 aromatic rings. The minimum atomic E-state index is -3.61. The number of rotatable bonds is 4. The Kier molecular flexibility index (Phi) is 4.25. The zero-order valence-electron chi connectivity index (χ0n) is 9.29. The highest BCUT2D eigenvalue weighted by atomic mass is 32.2. The van der Waals surface area contributed by atoms with Crippen molar-refractivity contribution in [3.05, 3.63) is 0 Å². The van der Waals surface area contributed by atoms with Gasteiger partial charge in [-0.2, -0.15) is 12.7 Å². The maximum atomic E-state index is 11.8. The maximum Gasteiger partial charge on any atom is 0.306 e. The van der Waals surface area contributed by atoms with Crippen molar-refractivity contribution < 1.29 is 23.2 Å². The third-order valence-electron chi connectivity index (χ3n) is 2.71. The van der Waals surface area contributed by atoms with Crippen LogP contribution in [0, 0.1) is 5.92 Å². The predicted molar refractivity (Wildman–Crippen MR) is 55.6 cm³/mol. The third-order valence-corrected chi connectivity index (χ3v) is 4.53. The summed E-state index contributed by atoms with van der Waals surface area (Å²) in [5, 5.41) is 8.78. The molecule has 0 aromatic heterocycles. The number of nitrogens with zero attached hydrogens (tertiary/aromatic N) is 2. The minimum Gasteiger partial charge on any atom is -0.481 e. The Bertz CT molecular complexity index is 347. The van der Waals surface area contributed by atoms with Gasteiger partial charge < -0.3 is 5.11 Å². The highest BCUT2D eigenvalue weighted by Crippen LogP contribution is 2.20. The number of carbonyl (C=O) groups is 1. The first-order chi connectivity index (χ1) is 7.39. The maximum absolute atomic E-state index is 11.8. The van der Waals surface area contributed by atoms with Gasteiger partial charge in [-0.15, -0.1) is 0 Å². The van der Waals surface area contributed by atoms with Crippen molar-refractivity contribution in [2.45, 2.75) is 12.8 Å². The van der Waals surface area contributed by atoms with Crippen molar-refractivity contribution in [2.75, 3.05) is 27.2 Å². The largest absolute Gasteiger partial charge is 0.481 e. The lowest BCUT2D eigenvalue weighted by Gasteiger charge is -2.31. The van der Waals surface area contributed by atoms with Gasteiger partial charge in [0.15, 0.2) is 0 Å². The number of carboxylic acids is 1. The van der Waals surface area contributed by atoms with Crippen LogP contribution in [-0.4, -0.2) is 55.5 Å². The highest BCUT2D eigenvalue weighted by molar-refractivity contribution is 7.86. The molecular formula is C8H16N2O5S. The van der Waals surface area contributed by atoms with Crippen molar-refractivity contribution in [2.24, 2.45) is 5.92 Å². The van der Waals surface area contributed by atoms with Crippen LogP contribution in [0.2, 0.25) is 0 Å². The van der Waals surface area contributed by atoms with Gasteiger partial charge in [-0.3, -0.25) is 9.63 Å². The Morgan fingerprint density at radius 2 is 1.94 bits per heavy atom. The fraction of sp³-hybridized carbons (Fsp3) is 0.875. The Morgan fingerprint density at radius 3 is 2.31 bits per heavy atom. The fourth-order valence-electron chi connectivity index (χ4n) is 1.59. The van der Waals surface area contributed by atoms with Gasteiger partial charge in [0.25, 0.3) is 0 Å². The lowest BCUT2D eigenvalue weighted by Crippen LogP contribution is -2.46. The van der Waals surface area contributed by atoms with Crippen LogP contribution in [0.25, 0.3) is 0 Å². The number of hydroxylamine groups is 1. The molecule has 1 heterocycles. The van der Waals surface area contributed by atoms with Gasteiger partial charge in [0, 0.05) is 20.1 Å². The van der Waals surface area contributed by atoms with Crippen molar-refractivity contribution in [3.8, 4) is 0 Å². The van der Waals surface area contributed by atoms with Crippen molar-refractivity contribution in [3.63, 3.8) is 0 Å². The number of hydrogen-bond acceptors (Lipinski definition) is 4. The monoisotopic (exact) mass is 252 g/mol. The molecule has 1 aliphatic heterocycles. The molecule has 1 aliphatic rings. The summed E-state index contributed by atoms with van der Waals surface area (Å²) in [5.41, 5.74) is 0. The molecule has 0 aromatic carbocycles. The van der Waals surface area contributed by atoms with Crippen LogP contribution in [0.5, 0.6) is 0 Å². The van der Waals surface area contributed by atoms with Gasteiger partial charge in [0.2, 0.25) is 0 Å². The predicted octanol–water partition coefficient (Wildman–Crippen LogP) is -0.479. The molecule has 1 saturated heterocycles. The lowest BCUT2D eigenvalue weighted by atomic mass is 9.99. The van der Waals surface area contributed by atoms with Gasteiger partial charge in [0.1, 0.15) is 0 Å². The summed E-state index contributed by atoms with van der Waals surface area (Å²) in [5.74, 6) is -1.31. The third kappa shape index (κ3) is 2.70. The Hall–Kier alpha value is -0.700. The van der Waals surface area contributed by atoms with Crippen LogP contribution < -0.4 is 0 Å². The SMILES string of the molecule is CON(C)S(=O)(=O)N1CCC(C(=O)O)CC1. The molecule has 0 aliphatic carbocycles. The fourth-order valence-corrected chi connectivity index (χ4v) is 2.78. The summed E-state index contributed by atoms with van der Waals surface area (Å²) in [4.78, 5) is 15.3. The number of aliphatic carboxylic acids is 1. The molecule has 0 bridgehead atoms. The van der Waals surface area contributed by atoms with E-state index in [4.69, 9.17) is 5.11 Å². The molecule has 0 amide bonds. The molecule has 0 radical (unpaired) electrons. The van der Waals surface area contributed by atoms with E-state index in [1.54, 1.807) is 0 Å². The molecule has 1 N–H and O–H groups in total. The Labute approximate surface area is 94.7 Å². The summed E-state index contributed by atoms with van der Waals surface area (Å²) in [6.45, 7) is 0.431. The molecule has 0 atom stereocenters. The van der Waals surface area contributed by atoms with Gasteiger partial charge in [-0.1, -0.05) is 4.47 Å². The van der Waals surface area contributed by atoms with E-state index in [-0.39, 0.29) is 13.1 Å². The van der Waals surface area contributed by atoms with Crippen LogP contribution in [0.15, 0.2) is 0 Å². The molecular weight excluding hydrogens is 236 g/mol. The molecule has 94 valence electrons. The molecule has 8 heteroatoms. The number of piperidine rings is 1. The molecule has 1 rings (SSSR count). The van der Waals surface area contributed by atoms with Crippen LogP contribution in [0.1, 0.15) is 12.8 Å². The smallest absolute Gasteiger partial charge is 0.306 e. The number of carboxylic acid groups (broad SMARTS) is 1. The van der Waals surface area contributed by atoms with Gasteiger partial charge >= 0.3 is 16.2 Å². The van der Waals surface area contributed by atoms with E-state index in [0.29, 0.717) is 12.8 Å². The number of hydrogen-bond donors (Lipinski definition) is 1. The van der Waals surface area contributed by atoms with Gasteiger partial charge in [-0.05, 0) is 12.8 Å². The van der Waals surface area contributed by atoms with Crippen molar-refractivity contribution in [1.29, 1.82) is 0 Å². The molecule has 0 unspecified atom stereocenters. The second kappa shape index (κ2) is 5.09. The summed E-state index contributed by atoms with van der Waals surface area (Å²) in [7, 11) is -1.04. The highest BCUT2D eigenvalue weighted by Gasteiger charge is 2.33. The van der Waals surface area contributed by atoms with Crippen molar-refractivity contribution >= 4 is 16.2 Å². The topological polar surface area (TPSA) is 87.2 Å². The standard InChI is InChI=1S/C8H16N2O5S/c1-9(15-2)16(13,14)10-5-3-7(4-6-10)8(11)12/h7H,3-6H2,1-2H3,(H,11,12). The lowest BCUT2D eigenvalue weighted by molar-refractivity contribution is -0.143. The van der Waals surface area contributed by atoms with E-state index in [1.165, 1.54) is 18.5 Å². The Morgan fingerprint density at radius 1 is 1.44 bits per heavy atom. The molecule has 7 nitrogen and oxygen atoms in total. The van der Waals surface area contributed by atoms with Gasteiger partial charge in [-0.25, -0.2) is 0 Å². The second-order valence-corrected chi connectivity index (χ2v) is 5.54. The molecule has 1 fully saturated rings. The van der Waals surface area contributed by atoms with E-state index in [2.05, 4.69) is 4.84 Å². The van der Waals surface area contributed by atoms with Gasteiger partial charge in [0.05, 0.1) is 13.0 Å². The summed E-state index contributed by atoms with van der Waals surface area (Å²) in [6, 6.07) is 0. The molecule has 16 heavy (non-hydrogen) atoms. The first-order valence-corrected chi connectivity index (χ1v) is 6.30. The normalized spacial score (nSPS) is 20.2. The van der Waals surface area contributed by atoms with Crippen LogP contribution in [0.4, 0.5) is 0 Å². The van der Waals surface area contributed by atoms with Crippen LogP contribution in [0.3, 0.4) is 0 Å². The van der Waals surface area contributed by atoms with E-state index in [9.17, 15) is 13.2 Å². The molecule has 0 saturated carbocycles. The minimum absolute atomic E-state index is 0.215. The average molecular weight is 252 g/mol. The van der Waals surface area contributed by atoms with Crippen molar-refractivity contribution in [1.82, 2.24) is 8.77 Å². The van der Waals surface area contributed by atoms with Crippen LogP contribution in [-0.2, 0) is 19.8 Å². The molecule has 0 spiro atoms. The summed E-state index contributed by atoms with van der Waals surface area (Å²) < 4.78 is 25.5. The van der Waals surface area contributed by atoms with E-state index in [1.807, 2.05) is 0 Å². The first-order valence-electron chi connectivity index (χ1n) is 4.90. The Balaban J connectivity index is 2.63. The quantitative estimate of drug-likeness (QED) is 0.683. The van der Waals surface area contributed by atoms with Crippen LogP contribution >= 0.6 is 0 Å². The van der Waals surface area contributed by atoms with E-state index in [0.717, 1.165) is 4.47 Å².